The molecular formula is C19H24FN3O. The number of aromatic nitrogens is 1. The molecule has 0 spiro atoms. The predicted molar refractivity (Wildman–Crippen MR) is 94.6 cm³/mol. The average molecular weight is 329 g/mol. The summed E-state index contributed by atoms with van der Waals surface area (Å²) >= 11 is 0. The van der Waals surface area contributed by atoms with Crippen LogP contribution in [0.3, 0.4) is 0 Å². The number of hydrogen-bond donors (Lipinski definition) is 2. The third-order valence-electron chi connectivity index (χ3n) is 3.66. The summed E-state index contributed by atoms with van der Waals surface area (Å²) in [5.74, 6) is 0.907. The molecule has 2 aromatic rings. The molecule has 0 saturated heterocycles. The highest BCUT2D eigenvalue weighted by molar-refractivity contribution is 5.94. The van der Waals surface area contributed by atoms with Crippen LogP contribution in [0.5, 0.6) is 0 Å². The van der Waals surface area contributed by atoms with E-state index in [1.807, 2.05) is 0 Å². The molecule has 4 nitrogen and oxygen atoms in total. The Balaban J connectivity index is 1.83. The molecule has 0 fully saturated rings. The lowest BCUT2D eigenvalue weighted by molar-refractivity contribution is 0.0952. The van der Waals surface area contributed by atoms with Crippen LogP contribution >= 0.6 is 0 Å². The normalized spacial score (nSPS) is 10.7. The molecule has 2 N–H and O–H groups in total. The third-order valence-corrected chi connectivity index (χ3v) is 3.66. The van der Waals surface area contributed by atoms with Crippen molar-refractivity contribution in [2.45, 2.75) is 26.7 Å². The maximum Gasteiger partial charge on any atom is 0.251 e. The smallest absolute Gasteiger partial charge is 0.251 e. The number of carbonyl (C=O) groups is 1. The standard InChI is InChI=1S/C19H24FN3O/c1-14(2)7-10-23-19(24)16-9-12-22-18(13-16)21-11-8-15-3-5-17(20)6-4-15/h3-6,9,12-14H,7-8,10-11H2,1-2H3,(H,21,22)(H,23,24). The van der Waals surface area contributed by atoms with Crippen molar-refractivity contribution < 1.29 is 9.18 Å². The number of carbonyl (C=O) groups excluding carboxylic acids is 1. The van der Waals surface area contributed by atoms with Crippen LogP contribution in [0.25, 0.3) is 0 Å². The molecule has 1 aromatic heterocycles. The average Bonchev–Trinajstić information content (AvgIpc) is 2.56. The Morgan fingerprint density at radius 2 is 1.92 bits per heavy atom. The number of rotatable bonds is 8. The first-order valence-electron chi connectivity index (χ1n) is 8.27. The van der Waals surface area contributed by atoms with Crippen molar-refractivity contribution in [3.05, 3.63) is 59.5 Å². The zero-order valence-electron chi connectivity index (χ0n) is 14.2. The first-order chi connectivity index (χ1) is 11.5. The molecule has 1 heterocycles. The number of nitrogens with zero attached hydrogens (tertiary/aromatic N) is 1. The lowest BCUT2D eigenvalue weighted by Gasteiger charge is -2.09. The molecule has 0 aliphatic carbocycles. The second kappa shape index (κ2) is 9.01. The van der Waals surface area contributed by atoms with Crippen LogP contribution in [-0.4, -0.2) is 24.0 Å². The lowest BCUT2D eigenvalue weighted by atomic mass is 10.1. The van der Waals surface area contributed by atoms with Gasteiger partial charge in [-0.05, 0) is 48.6 Å². The van der Waals surface area contributed by atoms with Crippen molar-refractivity contribution in [3.8, 4) is 0 Å². The van der Waals surface area contributed by atoms with Crippen LogP contribution in [0.1, 0.15) is 36.2 Å². The Labute approximate surface area is 142 Å². The predicted octanol–water partition coefficient (Wildman–Crippen LogP) is 3.65. The summed E-state index contributed by atoms with van der Waals surface area (Å²) in [6.07, 6.45) is 3.34. The minimum Gasteiger partial charge on any atom is -0.370 e. The lowest BCUT2D eigenvalue weighted by Crippen LogP contribution is -2.25. The number of anilines is 1. The molecule has 5 heteroatoms. The number of pyridine rings is 1. The van der Waals surface area contributed by atoms with Gasteiger partial charge in [-0.1, -0.05) is 26.0 Å². The summed E-state index contributed by atoms with van der Waals surface area (Å²) in [6, 6.07) is 9.89. The summed E-state index contributed by atoms with van der Waals surface area (Å²) in [4.78, 5) is 16.3. The van der Waals surface area contributed by atoms with Crippen molar-refractivity contribution in [1.82, 2.24) is 10.3 Å². The first-order valence-corrected chi connectivity index (χ1v) is 8.27. The Bertz CT molecular complexity index is 656. The number of nitrogens with one attached hydrogen (secondary N) is 2. The molecule has 2 rings (SSSR count). The van der Waals surface area contributed by atoms with Crippen molar-refractivity contribution in [2.24, 2.45) is 5.92 Å². The molecular weight excluding hydrogens is 305 g/mol. The van der Waals surface area contributed by atoms with Crippen LogP contribution in [0.4, 0.5) is 10.2 Å². The second-order valence-electron chi connectivity index (χ2n) is 6.17. The fraction of sp³-hybridized carbons (Fsp3) is 0.368. The molecule has 0 saturated carbocycles. The highest BCUT2D eigenvalue weighted by Gasteiger charge is 2.06. The van der Waals surface area contributed by atoms with Gasteiger partial charge in [0.15, 0.2) is 0 Å². The van der Waals surface area contributed by atoms with Crippen molar-refractivity contribution >= 4 is 11.7 Å². The van der Waals surface area contributed by atoms with Gasteiger partial charge in [-0.25, -0.2) is 9.37 Å². The van der Waals surface area contributed by atoms with Crippen molar-refractivity contribution in [3.63, 3.8) is 0 Å². The molecule has 0 aliphatic rings. The largest absolute Gasteiger partial charge is 0.370 e. The summed E-state index contributed by atoms with van der Waals surface area (Å²) < 4.78 is 12.9. The van der Waals surface area contributed by atoms with Gasteiger partial charge in [-0.2, -0.15) is 0 Å². The minimum atomic E-state index is -0.232. The fourth-order valence-electron chi connectivity index (χ4n) is 2.23. The molecule has 1 aromatic carbocycles. The number of halogens is 1. The van der Waals surface area contributed by atoms with Crippen LogP contribution in [-0.2, 0) is 6.42 Å². The highest BCUT2D eigenvalue weighted by atomic mass is 19.1. The van der Waals surface area contributed by atoms with E-state index < -0.39 is 0 Å². The van der Waals surface area contributed by atoms with E-state index in [9.17, 15) is 9.18 Å². The van der Waals surface area contributed by atoms with Gasteiger partial charge in [0.2, 0.25) is 0 Å². The molecule has 0 bridgehead atoms. The Morgan fingerprint density at radius 3 is 2.62 bits per heavy atom. The topological polar surface area (TPSA) is 54.0 Å². The maximum atomic E-state index is 12.9. The number of hydrogen-bond acceptors (Lipinski definition) is 3. The van der Waals surface area contributed by atoms with E-state index in [-0.39, 0.29) is 11.7 Å². The van der Waals surface area contributed by atoms with E-state index in [4.69, 9.17) is 0 Å². The van der Waals surface area contributed by atoms with Crippen LogP contribution in [0.15, 0.2) is 42.6 Å². The second-order valence-corrected chi connectivity index (χ2v) is 6.17. The molecule has 0 radical (unpaired) electrons. The Kier molecular flexibility index (Phi) is 6.73. The molecule has 1 amide bonds. The van der Waals surface area contributed by atoms with Gasteiger partial charge in [0.05, 0.1) is 0 Å². The van der Waals surface area contributed by atoms with Gasteiger partial charge in [-0.3, -0.25) is 4.79 Å². The maximum absolute atomic E-state index is 12.9. The first kappa shape index (κ1) is 17.9. The molecule has 0 atom stereocenters. The Hall–Kier alpha value is -2.43. The fourth-order valence-corrected chi connectivity index (χ4v) is 2.23. The van der Waals surface area contributed by atoms with E-state index in [1.54, 1.807) is 30.5 Å². The van der Waals surface area contributed by atoms with Gasteiger partial charge < -0.3 is 10.6 Å². The molecule has 24 heavy (non-hydrogen) atoms. The van der Waals surface area contributed by atoms with Crippen molar-refractivity contribution in [1.29, 1.82) is 0 Å². The van der Waals surface area contributed by atoms with E-state index in [0.29, 0.717) is 30.4 Å². The van der Waals surface area contributed by atoms with Crippen LogP contribution in [0.2, 0.25) is 0 Å². The zero-order chi connectivity index (χ0) is 17.4. The van der Waals surface area contributed by atoms with E-state index in [1.165, 1.54) is 12.1 Å². The number of amides is 1. The van der Waals surface area contributed by atoms with Crippen LogP contribution < -0.4 is 10.6 Å². The van der Waals surface area contributed by atoms with Crippen molar-refractivity contribution in [2.75, 3.05) is 18.4 Å². The molecule has 0 unspecified atom stereocenters. The van der Waals surface area contributed by atoms with Gasteiger partial charge in [0.25, 0.3) is 5.91 Å². The molecule has 128 valence electrons. The van der Waals surface area contributed by atoms with Crippen LogP contribution in [0, 0.1) is 11.7 Å². The summed E-state index contributed by atoms with van der Waals surface area (Å²) in [6.45, 7) is 5.59. The van der Waals surface area contributed by atoms with Gasteiger partial charge in [0.1, 0.15) is 11.6 Å². The van der Waals surface area contributed by atoms with E-state index >= 15 is 0 Å². The SMILES string of the molecule is CC(C)CCNC(=O)c1ccnc(NCCc2ccc(F)cc2)c1. The number of benzene rings is 1. The highest BCUT2D eigenvalue weighted by Crippen LogP contribution is 2.08. The summed E-state index contributed by atoms with van der Waals surface area (Å²) in [5.41, 5.74) is 1.64. The Morgan fingerprint density at radius 1 is 1.17 bits per heavy atom. The summed E-state index contributed by atoms with van der Waals surface area (Å²) in [7, 11) is 0. The monoisotopic (exact) mass is 329 g/mol. The van der Waals surface area contributed by atoms with Gasteiger partial charge >= 0.3 is 0 Å². The van der Waals surface area contributed by atoms with Gasteiger partial charge in [0, 0.05) is 24.8 Å². The summed E-state index contributed by atoms with van der Waals surface area (Å²) in [5, 5.41) is 6.11. The quantitative estimate of drug-likeness (QED) is 0.777. The zero-order valence-corrected chi connectivity index (χ0v) is 14.2. The third kappa shape index (κ3) is 5.99. The van der Waals surface area contributed by atoms with Gasteiger partial charge in [-0.15, -0.1) is 0 Å². The minimum absolute atomic E-state index is 0.0837. The van der Waals surface area contributed by atoms with E-state index in [2.05, 4.69) is 29.5 Å². The van der Waals surface area contributed by atoms with E-state index in [0.717, 1.165) is 18.4 Å². The molecule has 0 aliphatic heterocycles.